The molecule has 0 spiro atoms. The second-order valence-electron chi connectivity index (χ2n) is 17.1. The molecule has 0 aliphatic heterocycles. The number of benzene rings is 10. The van der Waals surface area contributed by atoms with Gasteiger partial charge in [0.1, 0.15) is 0 Å². The number of nitrogens with zero attached hydrogens (tertiary/aromatic N) is 2. The highest BCUT2D eigenvalue weighted by atomic mass is 15.0. The Balaban J connectivity index is 0.912. The number of para-hydroxylation sites is 2. The van der Waals surface area contributed by atoms with Gasteiger partial charge in [0.25, 0.3) is 0 Å². The Morgan fingerprint density at radius 3 is 1.48 bits per heavy atom. The summed E-state index contributed by atoms with van der Waals surface area (Å²) < 4.78 is 4.95. The Labute approximate surface area is 358 Å². The third-order valence-electron chi connectivity index (χ3n) is 14.0. The minimum absolute atomic E-state index is 0.354. The number of allylic oxidation sites excluding steroid dienone is 4. The second-order valence-corrected chi connectivity index (χ2v) is 17.1. The molecule has 0 radical (unpaired) electrons. The summed E-state index contributed by atoms with van der Waals surface area (Å²) >= 11 is 0. The normalized spacial score (nSPS) is 14.7. The van der Waals surface area contributed by atoms with Crippen LogP contribution < -0.4 is 0 Å². The summed E-state index contributed by atoms with van der Waals surface area (Å²) in [5.74, 6) is 0.354. The van der Waals surface area contributed by atoms with Crippen LogP contribution in [0.25, 0.3) is 115 Å². The van der Waals surface area contributed by atoms with Crippen LogP contribution in [0.5, 0.6) is 0 Å². The minimum Gasteiger partial charge on any atom is -0.310 e. The summed E-state index contributed by atoms with van der Waals surface area (Å²) in [5.41, 5.74) is 16.6. The molecule has 2 aromatic heterocycles. The van der Waals surface area contributed by atoms with Crippen LogP contribution in [0.2, 0.25) is 0 Å². The molecule has 0 bridgehead atoms. The van der Waals surface area contributed by atoms with Gasteiger partial charge >= 0.3 is 0 Å². The molecule has 2 nitrogen and oxygen atoms in total. The van der Waals surface area contributed by atoms with Crippen LogP contribution in [-0.2, 0) is 0 Å². The van der Waals surface area contributed by atoms with Gasteiger partial charge in [-0.3, -0.25) is 0 Å². The van der Waals surface area contributed by atoms with Gasteiger partial charge in [-0.2, -0.15) is 0 Å². The SMILES string of the molecule is C1=C2c3ccccc3-c3ccccc3C2CC=C1n1c2ccccc2c2cc(-c3ccc4c(c3)c3ccccc3n4-c3ccc4c5ccccc5c5ccccc5c4c3)ccc21. The molecule has 0 N–H and O–H groups in total. The van der Waals surface area contributed by atoms with E-state index in [1.807, 2.05) is 0 Å². The van der Waals surface area contributed by atoms with E-state index in [0.717, 1.165) is 6.42 Å². The Morgan fingerprint density at radius 2 is 0.823 bits per heavy atom. The first-order valence-corrected chi connectivity index (χ1v) is 21.8. The maximum absolute atomic E-state index is 2.49. The molecule has 10 aromatic carbocycles. The summed E-state index contributed by atoms with van der Waals surface area (Å²) in [6.45, 7) is 0. The van der Waals surface area contributed by atoms with Gasteiger partial charge in [-0.25, -0.2) is 0 Å². The molecule has 2 heterocycles. The van der Waals surface area contributed by atoms with Crippen molar-refractivity contribution in [1.29, 1.82) is 0 Å². The summed E-state index contributed by atoms with van der Waals surface area (Å²) in [5, 5.41) is 12.8. The maximum atomic E-state index is 2.49. The van der Waals surface area contributed by atoms with Crippen molar-refractivity contribution in [1.82, 2.24) is 9.13 Å². The average Bonchev–Trinajstić information content (AvgIpc) is 3.86. The van der Waals surface area contributed by atoms with Gasteiger partial charge in [-0.05, 0) is 132 Å². The van der Waals surface area contributed by atoms with E-state index < -0.39 is 0 Å². The third-order valence-corrected chi connectivity index (χ3v) is 14.0. The van der Waals surface area contributed by atoms with Crippen molar-refractivity contribution >= 4 is 87.2 Å². The zero-order valence-electron chi connectivity index (χ0n) is 33.9. The molecular formula is C60H38N2. The molecule has 1 unspecified atom stereocenters. The van der Waals surface area contributed by atoms with Crippen molar-refractivity contribution in [2.24, 2.45) is 0 Å². The molecule has 62 heavy (non-hydrogen) atoms. The van der Waals surface area contributed by atoms with Crippen molar-refractivity contribution in [3.8, 4) is 27.9 Å². The molecule has 288 valence electrons. The van der Waals surface area contributed by atoms with E-state index in [4.69, 9.17) is 0 Å². The van der Waals surface area contributed by atoms with Gasteiger partial charge in [-0.1, -0.05) is 158 Å². The molecule has 14 rings (SSSR count). The van der Waals surface area contributed by atoms with Crippen molar-refractivity contribution in [3.05, 3.63) is 223 Å². The van der Waals surface area contributed by atoms with Crippen LogP contribution >= 0.6 is 0 Å². The van der Waals surface area contributed by atoms with E-state index in [0.29, 0.717) is 5.92 Å². The predicted molar refractivity (Wildman–Crippen MR) is 263 cm³/mol. The number of fused-ring (bicyclic) bond motifs is 18. The van der Waals surface area contributed by atoms with E-state index in [1.54, 1.807) is 0 Å². The van der Waals surface area contributed by atoms with Crippen molar-refractivity contribution in [2.75, 3.05) is 0 Å². The number of hydrogen-bond acceptors (Lipinski definition) is 0. The summed E-state index contributed by atoms with van der Waals surface area (Å²) in [4.78, 5) is 0. The molecule has 0 saturated carbocycles. The topological polar surface area (TPSA) is 9.86 Å². The van der Waals surface area contributed by atoms with Crippen molar-refractivity contribution in [2.45, 2.75) is 12.3 Å². The van der Waals surface area contributed by atoms with Crippen molar-refractivity contribution in [3.63, 3.8) is 0 Å². The zero-order valence-corrected chi connectivity index (χ0v) is 33.9. The Morgan fingerprint density at radius 1 is 0.339 bits per heavy atom. The number of aromatic nitrogens is 2. The summed E-state index contributed by atoms with van der Waals surface area (Å²) in [6, 6.07) is 74.5. The Bertz CT molecular complexity index is 3930. The first-order chi connectivity index (χ1) is 30.8. The van der Waals surface area contributed by atoms with Gasteiger partial charge in [0.15, 0.2) is 0 Å². The van der Waals surface area contributed by atoms with E-state index in [-0.39, 0.29) is 0 Å². The molecular weight excluding hydrogens is 749 g/mol. The smallest absolute Gasteiger partial charge is 0.0541 e. The standard InChI is InChI=1S/C60H38N2/c1-3-17-45-41(13-1)43-15-5-7-19-47(43)53-35-39(27-29-49(45)53)61-57-23-11-9-21-51(57)55-33-37(25-31-59(55)61)38-26-32-60-56(34-38)52-22-10-12-24-58(52)62(60)40-28-30-50-46-18-4-2-14-42(46)44-16-6-8-20-48(44)54(50)36-40/h1-29,31-36,50H,30H2. The van der Waals surface area contributed by atoms with E-state index >= 15 is 0 Å². The lowest BCUT2D eigenvalue weighted by molar-refractivity contribution is 0.864. The maximum Gasteiger partial charge on any atom is 0.0541 e. The second kappa shape index (κ2) is 12.8. The fourth-order valence-corrected chi connectivity index (χ4v) is 11.3. The largest absolute Gasteiger partial charge is 0.310 e. The molecule has 2 heteroatoms. The fourth-order valence-electron chi connectivity index (χ4n) is 11.3. The molecule has 2 aliphatic rings. The van der Waals surface area contributed by atoms with Gasteiger partial charge in [-0.15, -0.1) is 0 Å². The van der Waals surface area contributed by atoms with Crippen molar-refractivity contribution < 1.29 is 0 Å². The molecule has 0 saturated heterocycles. The lowest BCUT2D eigenvalue weighted by Crippen LogP contribution is -2.13. The highest BCUT2D eigenvalue weighted by Gasteiger charge is 2.31. The van der Waals surface area contributed by atoms with Crippen LogP contribution in [0.15, 0.2) is 212 Å². The molecule has 12 aromatic rings. The number of rotatable bonds is 3. The van der Waals surface area contributed by atoms with Gasteiger partial charge in [0.05, 0.1) is 22.1 Å². The monoisotopic (exact) mass is 786 g/mol. The zero-order chi connectivity index (χ0) is 40.5. The minimum atomic E-state index is 0.354. The fraction of sp³-hybridized carbons (Fsp3) is 0.0333. The highest BCUT2D eigenvalue weighted by molar-refractivity contribution is 6.26. The van der Waals surface area contributed by atoms with E-state index in [1.165, 1.54) is 126 Å². The first-order valence-electron chi connectivity index (χ1n) is 21.8. The molecule has 0 amide bonds. The lowest BCUT2D eigenvalue weighted by atomic mass is 9.72. The number of hydrogen-bond donors (Lipinski definition) is 0. The Kier molecular flexibility index (Phi) is 6.98. The van der Waals surface area contributed by atoms with E-state index in [2.05, 4.69) is 221 Å². The van der Waals surface area contributed by atoms with Gasteiger partial charge in [0, 0.05) is 38.8 Å². The quantitative estimate of drug-likeness (QED) is 0.158. The van der Waals surface area contributed by atoms with Crippen LogP contribution in [0, 0.1) is 0 Å². The summed E-state index contributed by atoms with van der Waals surface area (Å²) in [6.07, 6.45) is 5.90. The Hall–Kier alpha value is -7.94. The first kappa shape index (κ1) is 33.8. The van der Waals surface area contributed by atoms with Crippen LogP contribution in [0.3, 0.4) is 0 Å². The van der Waals surface area contributed by atoms with E-state index in [9.17, 15) is 0 Å². The third kappa shape index (κ3) is 4.69. The van der Waals surface area contributed by atoms with Gasteiger partial charge in [0.2, 0.25) is 0 Å². The molecule has 1 atom stereocenters. The summed E-state index contributed by atoms with van der Waals surface area (Å²) in [7, 11) is 0. The average molecular weight is 787 g/mol. The van der Waals surface area contributed by atoms with Crippen LogP contribution in [0.1, 0.15) is 23.5 Å². The lowest BCUT2D eigenvalue weighted by Gasteiger charge is -2.33. The highest BCUT2D eigenvalue weighted by Crippen LogP contribution is 2.51. The molecule has 0 fully saturated rings. The van der Waals surface area contributed by atoms with Crippen LogP contribution in [0.4, 0.5) is 0 Å². The molecule has 2 aliphatic carbocycles. The van der Waals surface area contributed by atoms with Gasteiger partial charge < -0.3 is 9.13 Å². The van der Waals surface area contributed by atoms with Crippen LogP contribution in [-0.4, -0.2) is 9.13 Å². The predicted octanol–water partition coefficient (Wildman–Crippen LogP) is 16.1.